The van der Waals surface area contributed by atoms with Gasteiger partial charge in [-0.25, -0.2) is 0 Å². The number of ketones is 1. The van der Waals surface area contributed by atoms with Crippen LogP contribution in [0.4, 0.5) is 5.69 Å². The maximum absolute atomic E-state index is 11.7. The zero-order chi connectivity index (χ0) is 13.0. The van der Waals surface area contributed by atoms with Gasteiger partial charge in [-0.05, 0) is 37.5 Å². The smallest absolute Gasteiger partial charge is 0.178 e. The fourth-order valence-corrected chi connectivity index (χ4v) is 2.15. The molecule has 0 aromatic heterocycles. The molecule has 1 aromatic carbocycles. The van der Waals surface area contributed by atoms with E-state index in [1.807, 2.05) is 0 Å². The molecule has 0 radical (unpaired) electrons. The van der Waals surface area contributed by atoms with Crippen molar-refractivity contribution in [2.45, 2.75) is 32.1 Å². The number of hydrogen-bond acceptors (Lipinski definition) is 3. The number of anilines is 1. The highest BCUT2D eigenvalue weighted by Crippen LogP contribution is 2.25. The van der Waals surface area contributed by atoms with Gasteiger partial charge in [0, 0.05) is 6.42 Å². The molecule has 5 heteroatoms. The minimum absolute atomic E-state index is 0.139. The first-order valence-electron chi connectivity index (χ1n) is 5.97. The standard InChI is InChI=1S/C13H14Cl2N2O/c14-10-7-6-9(8-11(10)15)16-17-12-4-2-1-3-5-13(12)18/h6-8,16H,1-5H2/b17-12+. The monoisotopic (exact) mass is 284 g/mol. The maximum Gasteiger partial charge on any atom is 0.178 e. The molecule has 0 heterocycles. The Morgan fingerprint density at radius 2 is 1.83 bits per heavy atom. The SMILES string of the molecule is O=C1CCCCC/C1=N\Nc1ccc(Cl)c(Cl)c1. The van der Waals surface area contributed by atoms with Crippen LogP contribution in [-0.4, -0.2) is 11.5 Å². The summed E-state index contributed by atoms with van der Waals surface area (Å²) in [7, 11) is 0. The minimum Gasteiger partial charge on any atom is -0.293 e. The molecule has 2 rings (SSSR count). The van der Waals surface area contributed by atoms with E-state index in [1.165, 1.54) is 0 Å². The Morgan fingerprint density at radius 1 is 1.06 bits per heavy atom. The summed E-state index contributed by atoms with van der Waals surface area (Å²) in [6.07, 6.45) is 4.42. The Balaban J connectivity index is 2.08. The van der Waals surface area contributed by atoms with Crippen LogP contribution in [0.3, 0.4) is 0 Å². The van der Waals surface area contributed by atoms with Gasteiger partial charge < -0.3 is 0 Å². The van der Waals surface area contributed by atoms with E-state index in [9.17, 15) is 4.79 Å². The summed E-state index contributed by atoms with van der Waals surface area (Å²) < 4.78 is 0. The number of hydrogen-bond donors (Lipinski definition) is 1. The summed E-state index contributed by atoms with van der Waals surface area (Å²) >= 11 is 11.7. The highest BCUT2D eigenvalue weighted by Gasteiger charge is 2.14. The van der Waals surface area contributed by atoms with Gasteiger partial charge in [0.15, 0.2) is 5.78 Å². The van der Waals surface area contributed by atoms with Gasteiger partial charge in [0.1, 0.15) is 5.71 Å². The molecule has 0 amide bonds. The largest absolute Gasteiger partial charge is 0.293 e. The van der Waals surface area contributed by atoms with Crippen molar-refractivity contribution in [2.75, 3.05) is 5.43 Å². The molecule has 1 aliphatic carbocycles. The Bertz CT molecular complexity index is 486. The summed E-state index contributed by atoms with van der Waals surface area (Å²) in [6.45, 7) is 0. The lowest BCUT2D eigenvalue weighted by molar-refractivity contribution is -0.113. The summed E-state index contributed by atoms with van der Waals surface area (Å²) in [5.41, 5.74) is 4.22. The number of nitrogens with zero attached hydrogens (tertiary/aromatic N) is 1. The Morgan fingerprint density at radius 3 is 2.61 bits per heavy atom. The highest BCUT2D eigenvalue weighted by atomic mass is 35.5. The predicted octanol–water partition coefficient (Wildman–Crippen LogP) is 4.29. The van der Waals surface area contributed by atoms with Gasteiger partial charge in [-0.1, -0.05) is 29.6 Å². The second-order valence-electron chi connectivity index (χ2n) is 4.28. The van der Waals surface area contributed by atoms with Crippen molar-refractivity contribution < 1.29 is 4.79 Å². The second kappa shape index (κ2) is 6.21. The normalized spacial score (nSPS) is 18.8. The van der Waals surface area contributed by atoms with Crippen LogP contribution in [-0.2, 0) is 4.79 Å². The van der Waals surface area contributed by atoms with Gasteiger partial charge in [-0.3, -0.25) is 10.2 Å². The molecule has 0 atom stereocenters. The molecule has 0 spiro atoms. The van der Waals surface area contributed by atoms with Gasteiger partial charge in [0.2, 0.25) is 0 Å². The highest BCUT2D eigenvalue weighted by molar-refractivity contribution is 6.42. The molecule has 1 aromatic rings. The third kappa shape index (κ3) is 3.47. The Labute approximate surface area is 116 Å². The van der Waals surface area contributed by atoms with E-state index in [0.717, 1.165) is 31.4 Å². The van der Waals surface area contributed by atoms with Gasteiger partial charge >= 0.3 is 0 Å². The lowest BCUT2D eigenvalue weighted by Gasteiger charge is -2.05. The number of benzene rings is 1. The first-order chi connectivity index (χ1) is 8.66. The van der Waals surface area contributed by atoms with Crippen molar-refractivity contribution in [3.05, 3.63) is 28.2 Å². The van der Waals surface area contributed by atoms with Crippen molar-refractivity contribution in [2.24, 2.45) is 5.10 Å². The fourth-order valence-electron chi connectivity index (χ4n) is 1.85. The molecular formula is C13H14Cl2N2O. The van der Waals surface area contributed by atoms with Crippen molar-refractivity contribution in [3.63, 3.8) is 0 Å². The van der Waals surface area contributed by atoms with Crippen LogP contribution < -0.4 is 5.43 Å². The molecule has 18 heavy (non-hydrogen) atoms. The number of hydrazone groups is 1. The molecule has 1 fully saturated rings. The van der Waals surface area contributed by atoms with E-state index in [4.69, 9.17) is 23.2 Å². The average molecular weight is 285 g/mol. The van der Waals surface area contributed by atoms with E-state index >= 15 is 0 Å². The second-order valence-corrected chi connectivity index (χ2v) is 5.10. The van der Waals surface area contributed by atoms with Crippen molar-refractivity contribution in [1.82, 2.24) is 0 Å². The van der Waals surface area contributed by atoms with Crippen molar-refractivity contribution in [1.29, 1.82) is 0 Å². The van der Waals surface area contributed by atoms with E-state index in [-0.39, 0.29) is 5.78 Å². The number of Topliss-reactive ketones (excluding diaryl/α,β-unsaturated/α-hetero) is 1. The van der Waals surface area contributed by atoms with Crippen LogP contribution >= 0.6 is 23.2 Å². The average Bonchev–Trinajstić information content (AvgIpc) is 2.56. The Hall–Kier alpha value is -1.06. The number of carbonyl (C=O) groups is 1. The molecule has 0 aliphatic heterocycles. The minimum atomic E-state index is 0.139. The summed E-state index contributed by atoms with van der Waals surface area (Å²) in [6, 6.07) is 5.16. The van der Waals surface area contributed by atoms with Crippen molar-refractivity contribution >= 4 is 40.4 Å². The van der Waals surface area contributed by atoms with Crippen LogP contribution in [0.5, 0.6) is 0 Å². The Kier molecular flexibility index (Phi) is 4.61. The number of halogens is 2. The third-order valence-electron chi connectivity index (χ3n) is 2.88. The van der Waals surface area contributed by atoms with Crippen LogP contribution in [0, 0.1) is 0 Å². The topological polar surface area (TPSA) is 41.5 Å². The van der Waals surface area contributed by atoms with Crippen LogP contribution in [0.2, 0.25) is 10.0 Å². The van der Waals surface area contributed by atoms with Gasteiger partial charge in [0.25, 0.3) is 0 Å². The van der Waals surface area contributed by atoms with Crippen LogP contribution in [0.25, 0.3) is 0 Å². The fraction of sp³-hybridized carbons (Fsp3) is 0.385. The van der Waals surface area contributed by atoms with E-state index in [0.29, 0.717) is 22.2 Å². The zero-order valence-electron chi connectivity index (χ0n) is 9.88. The van der Waals surface area contributed by atoms with Gasteiger partial charge in [-0.15, -0.1) is 0 Å². The molecule has 1 saturated carbocycles. The molecule has 0 bridgehead atoms. The molecule has 3 nitrogen and oxygen atoms in total. The maximum atomic E-state index is 11.7. The summed E-state index contributed by atoms with van der Waals surface area (Å²) in [4.78, 5) is 11.7. The molecule has 0 unspecified atom stereocenters. The molecule has 1 aliphatic rings. The van der Waals surface area contributed by atoms with E-state index < -0.39 is 0 Å². The lowest BCUT2D eigenvalue weighted by Crippen LogP contribution is -2.13. The first-order valence-corrected chi connectivity index (χ1v) is 6.73. The molecule has 1 N–H and O–H groups in total. The van der Waals surface area contributed by atoms with E-state index in [1.54, 1.807) is 18.2 Å². The van der Waals surface area contributed by atoms with Gasteiger partial charge in [0.05, 0.1) is 15.7 Å². The molecular weight excluding hydrogens is 271 g/mol. The zero-order valence-corrected chi connectivity index (χ0v) is 11.4. The first kappa shape index (κ1) is 13.4. The number of rotatable bonds is 2. The summed E-state index contributed by atoms with van der Waals surface area (Å²) in [5, 5.41) is 5.15. The van der Waals surface area contributed by atoms with Crippen LogP contribution in [0.1, 0.15) is 32.1 Å². The number of carbonyl (C=O) groups excluding carboxylic acids is 1. The number of nitrogens with one attached hydrogen (secondary N) is 1. The molecule has 96 valence electrons. The third-order valence-corrected chi connectivity index (χ3v) is 3.62. The summed E-state index contributed by atoms with van der Waals surface area (Å²) in [5.74, 6) is 0.139. The van der Waals surface area contributed by atoms with Gasteiger partial charge in [-0.2, -0.15) is 5.10 Å². The quantitative estimate of drug-likeness (QED) is 0.650. The van der Waals surface area contributed by atoms with Crippen LogP contribution in [0.15, 0.2) is 23.3 Å². The van der Waals surface area contributed by atoms with Crippen molar-refractivity contribution in [3.8, 4) is 0 Å². The lowest BCUT2D eigenvalue weighted by atomic mass is 10.1. The predicted molar refractivity (Wildman–Crippen MR) is 75.6 cm³/mol. The molecule has 0 saturated heterocycles. The van der Waals surface area contributed by atoms with E-state index in [2.05, 4.69) is 10.5 Å².